The van der Waals surface area contributed by atoms with Crippen LogP contribution in [0.2, 0.25) is 0 Å². The summed E-state index contributed by atoms with van der Waals surface area (Å²) in [6, 6.07) is 17.3. The summed E-state index contributed by atoms with van der Waals surface area (Å²) >= 11 is 3.73. The fourth-order valence-corrected chi connectivity index (χ4v) is 8.59. The summed E-state index contributed by atoms with van der Waals surface area (Å²) in [7, 11) is 1.68. The number of nitrogens with zero attached hydrogens (tertiary/aromatic N) is 3. The van der Waals surface area contributed by atoms with Gasteiger partial charge in [-0.25, -0.2) is 0 Å². The van der Waals surface area contributed by atoms with Crippen molar-refractivity contribution in [2.45, 2.75) is 73.9 Å². The molecule has 0 aromatic heterocycles. The Morgan fingerprint density at radius 1 is 1.12 bits per heavy atom. The molecule has 49 heavy (non-hydrogen) atoms. The van der Waals surface area contributed by atoms with Gasteiger partial charge in [-0.1, -0.05) is 88.7 Å². The van der Waals surface area contributed by atoms with E-state index in [4.69, 9.17) is 9.47 Å². The molecule has 1 spiro atoms. The number of likely N-dealkylation sites (N-methyl/N-ethyl adjacent to an activating group) is 1. The summed E-state index contributed by atoms with van der Waals surface area (Å²) in [5.74, 6) is -3.37. The molecule has 3 heterocycles. The molecule has 0 saturated carbocycles. The van der Waals surface area contributed by atoms with Gasteiger partial charge in [0.25, 0.3) is 0 Å². The summed E-state index contributed by atoms with van der Waals surface area (Å²) in [5, 5.41) is 9.74. The molecule has 2 aromatic rings. The Labute approximate surface area is 296 Å². The van der Waals surface area contributed by atoms with Gasteiger partial charge in [0.1, 0.15) is 17.7 Å². The van der Waals surface area contributed by atoms with Crippen LogP contribution in [0.1, 0.15) is 49.8 Å². The van der Waals surface area contributed by atoms with E-state index in [1.54, 1.807) is 29.0 Å². The van der Waals surface area contributed by atoms with Gasteiger partial charge in [-0.05, 0) is 37.3 Å². The first kappa shape index (κ1) is 36.5. The minimum absolute atomic E-state index is 0.112. The largest absolute Gasteiger partial charge is 0.455 e. The molecule has 0 radical (unpaired) electrons. The number of amides is 3. The number of hydrogen-bond acceptors (Lipinski definition) is 7. The van der Waals surface area contributed by atoms with Crippen LogP contribution >= 0.6 is 15.9 Å². The first-order valence-electron chi connectivity index (χ1n) is 16.9. The lowest BCUT2D eigenvalue weighted by atomic mass is 9.70. The molecule has 3 fully saturated rings. The van der Waals surface area contributed by atoms with Gasteiger partial charge in [0.15, 0.2) is 0 Å². The second kappa shape index (κ2) is 15.8. The highest BCUT2D eigenvalue weighted by molar-refractivity contribution is 9.09. The smallest absolute Gasteiger partial charge is 0.313 e. The average molecular weight is 737 g/mol. The van der Waals surface area contributed by atoms with Crippen molar-refractivity contribution in [1.29, 1.82) is 0 Å². The maximum absolute atomic E-state index is 14.6. The second-order valence-electron chi connectivity index (χ2n) is 13.1. The highest BCUT2D eigenvalue weighted by Crippen LogP contribution is 2.60. The molecule has 0 aliphatic carbocycles. The standard InChI is InChI=1S/C38H46BrN3O7/c1-5-7-19-29(44)40(4)25(3)32(27-17-12-9-13-18-27)48-37(47)30-31-35(45)42(21-14-22-43)34(38(31)23-28(39)33(30)49-38)36(46)41(20-6-2)24-26-15-10-8-11-16-26/h5-6,8-13,15-18,25,28,30-34,43H,1-2,7,14,19-24H2,3-4H3/t25-,28?,30-,31+,32+,33-,34-,38+/m0/s1. The maximum atomic E-state index is 14.6. The number of halogens is 1. The molecule has 1 unspecified atom stereocenters. The lowest BCUT2D eigenvalue weighted by Gasteiger charge is -2.37. The van der Waals surface area contributed by atoms with E-state index in [0.29, 0.717) is 24.9 Å². The van der Waals surface area contributed by atoms with Gasteiger partial charge >= 0.3 is 5.97 Å². The number of ether oxygens (including phenoxy) is 2. The van der Waals surface area contributed by atoms with Gasteiger partial charge in [-0.3, -0.25) is 19.2 Å². The molecule has 8 atom stereocenters. The van der Waals surface area contributed by atoms with Crippen molar-refractivity contribution >= 4 is 39.6 Å². The van der Waals surface area contributed by atoms with Crippen molar-refractivity contribution in [3.05, 3.63) is 97.1 Å². The van der Waals surface area contributed by atoms with Crippen LogP contribution in [-0.2, 0) is 35.2 Å². The predicted octanol–water partition coefficient (Wildman–Crippen LogP) is 4.43. The molecular weight excluding hydrogens is 690 g/mol. The van der Waals surface area contributed by atoms with Gasteiger partial charge in [0, 0.05) is 44.5 Å². The van der Waals surface area contributed by atoms with E-state index in [9.17, 15) is 24.3 Å². The monoisotopic (exact) mass is 735 g/mol. The summed E-state index contributed by atoms with van der Waals surface area (Å²) in [6.45, 7) is 9.90. The van der Waals surface area contributed by atoms with Crippen LogP contribution in [0.15, 0.2) is 86.0 Å². The van der Waals surface area contributed by atoms with Gasteiger partial charge < -0.3 is 29.3 Å². The van der Waals surface area contributed by atoms with E-state index in [1.807, 2.05) is 67.6 Å². The number of aliphatic hydroxyl groups excluding tert-OH is 1. The third-order valence-corrected chi connectivity index (χ3v) is 11.0. The van der Waals surface area contributed by atoms with Crippen LogP contribution in [-0.4, -0.2) is 98.9 Å². The van der Waals surface area contributed by atoms with E-state index in [-0.39, 0.29) is 55.1 Å². The lowest BCUT2D eigenvalue weighted by molar-refractivity contribution is -0.164. The Morgan fingerprint density at radius 3 is 2.43 bits per heavy atom. The quantitative estimate of drug-likeness (QED) is 0.154. The Morgan fingerprint density at radius 2 is 1.80 bits per heavy atom. The first-order valence-corrected chi connectivity index (χ1v) is 17.8. The number of alkyl halides is 1. The molecular formula is C38H46BrN3O7. The highest BCUT2D eigenvalue weighted by Gasteiger charge is 2.77. The summed E-state index contributed by atoms with van der Waals surface area (Å²) < 4.78 is 13.0. The number of hydrogen-bond donors (Lipinski definition) is 1. The predicted molar refractivity (Wildman–Crippen MR) is 188 cm³/mol. The van der Waals surface area contributed by atoms with Crippen molar-refractivity contribution in [2.24, 2.45) is 11.8 Å². The van der Waals surface area contributed by atoms with Crippen molar-refractivity contribution in [3.8, 4) is 0 Å². The van der Waals surface area contributed by atoms with E-state index in [1.165, 1.54) is 4.90 Å². The maximum Gasteiger partial charge on any atom is 0.313 e. The van der Waals surface area contributed by atoms with Crippen LogP contribution in [0.25, 0.3) is 0 Å². The van der Waals surface area contributed by atoms with Gasteiger partial charge in [0.05, 0.1) is 24.0 Å². The van der Waals surface area contributed by atoms with Crippen molar-refractivity contribution in [3.63, 3.8) is 0 Å². The average Bonchev–Trinajstić information content (AvgIpc) is 3.71. The lowest BCUT2D eigenvalue weighted by Crippen LogP contribution is -2.56. The molecule has 11 heteroatoms. The van der Waals surface area contributed by atoms with E-state index >= 15 is 0 Å². The summed E-state index contributed by atoms with van der Waals surface area (Å²) in [5.41, 5.74) is 0.341. The summed E-state index contributed by atoms with van der Waals surface area (Å²) in [4.78, 5) is 60.9. The Kier molecular flexibility index (Phi) is 11.8. The topological polar surface area (TPSA) is 117 Å². The molecule has 5 rings (SSSR count). The van der Waals surface area contributed by atoms with Crippen molar-refractivity contribution < 1.29 is 33.8 Å². The normalized spacial score (nSPS) is 26.5. The van der Waals surface area contributed by atoms with Crippen molar-refractivity contribution in [2.75, 3.05) is 26.7 Å². The Balaban J connectivity index is 1.48. The zero-order valence-corrected chi connectivity index (χ0v) is 29.7. The third kappa shape index (κ3) is 7.11. The van der Waals surface area contributed by atoms with E-state index < -0.39 is 47.7 Å². The van der Waals surface area contributed by atoms with Crippen molar-refractivity contribution in [1.82, 2.24) is 14.7 Å². The fourth-order valence-electron chi connectivity index (χ4n) is 7.65. The summed E-state index contributed by atoms with van der Waals surface area (Å²) in [6.07, 6.45) is 3.19. The number of likely N-dealkylation sites (tertiary alicyclic amines) is 1. The Bertz CT molecular complexity index is 1520. The number of carbonyl (C=O) groups is 4. The molecule has 262 valence electrons. The molecule has 3 saturated heterocycles. The minimum atomic E-state index is -1.28. The molecule has 3 aliphatic rings. The number of benzene rings is 2. The molecule has 2 bridgehead atoms. The number of rotatable bonds is 16. The molecule has 10 nitrogen and oxygen atoms in total. The Hall–Kier alpha value is -3.80. The van der Waals surface area contributed by atoms with Crippen LogP contribution in [0.3, 0.4) is 0 Å². The molecule has 3 amide bonds. The van der Waals surface area contributed by atoms with Crippen LogP contribution in [0.4, 0.5) is 0 Å². The number of fused-ring (bicyclic) bond motifs is 1. The zero-order valence-electron chi connectivity index (χ0n) is 28.2. The molecule has 1 N–H and O–H groups in total. The second-order valence-corrected chi connectivity index (χ2v) is 14.3. The van der Waals surface area contributed by atoms with Crippen LogP contribution < -0.4 is 0 Å². The highest BCUT2D eigenvalue weighted by atomic mass is 79.9. The SMILES string of the molecule is C=CCCC(=O)N(C)[C@@H](C)[C@@H](OC(=O)[C@@H]1[C@H]2O[C@@]3(CC2Br)[C@H](C(=O)N(CC=C)Cc2ccccc2)N(CCCO)C(=O)[C@@H]13)c1ccccc1. The van der Waals surface area contributed by atoms with Gasteiger partial charge in [-0.2, -0.15) is 0 Å². The van der Waals surface area contributed by atoms with Crippen LogP contribution in [0, 0.1) is 11.8 Å². The van der Waals surface area contributed by atoms with Gasteiger partial charge in [-0.15, -0.1) is 13.2 Å². The fraction of sp³-hybridized carbons (Fsp3) is 0.474. The number of carbonyl (C=O) groups excluding carboxylic acids is 4. The minimum Gasteiger partial charge on any atom is -0.455 e. The molecule has 3 aliphatic heterocycles. The zero-order chi connectivity index (χ0) is 35.3. The number of allylic oxidation sites excluding steroid dienone is 1. The van der Waals surface area contributed by atoms with Crippen LogP contribution in [0.5, 0.6) is 0 Å². The van der Waals surface area contributed by atoms with E-state index in [0.717, 1.165) is 5.56 Å². The third-order valence-electron chi connectivity index (χ3n) is 10.1. The number of aliphatic hydroxyl groups is 1. The first-order chi connectivity index (χ1) is 23.6. The van der Waals surface area contributed by atoms with E-state index in [2.05, 4.69) is 29.1 Å². The molecule has 2 aromatic carbocycles. The van der Waals surface area contributed by atoms with Gasteiger partial charge in [0.2, 0.25) is 17.7 Å². The number of esters is 1.